The minimum absolute atomic E-state index is 0.156. The van der Waals surface area contributed by atoms with Crippen molar-refractivity contribution in [3.8, 4) is 5.75 Å². The van der Waals surface area contributed by atoms with Gasteiger partial charge in [0.2, 0.25) is 5.78 Å². The topological polar surface area (TPSA) is 65.5 Å². The van der Waals surface area contributed by atoms with E-state index in [1.807, 2.05) is 31.2 Å². The molecule has 1 heterocycles. The summed E-state index contributed by atoms with van der Waals surface area (Å²) in [6, 6.07) is 14.1. The van der Waals surface area contributed by atoms with E-state index in [4.69, 9.17) is 21.1 Å². The van der Waals surface area contributed by atoms with Gasteiger partial charge in [0.1, 0.15) is 17.4 Å². The second-order valence-corrected chi connectivity index (χ2v) is 7.53. The van der Waals surface area contributed by atoms with Gasteiger partial charge < -0.3 is 9.47 Å². The number of halogens is 1. The van der Waals surface area contributed by atoms with Gasteiger partial charge in [-0.05, 0) is 50.2 Å². The van der Waals surface area contributed by atoms with E-state index in [-0.39, 0.29) is 18.1 Å². The van der Waals surface area contributed by atoms with Gasteiger partial charge in [-0.15, -0.1) is 11.3 Å². The lowest BCUT2D eigenvalue weighted by molar-refractivity contribution is 0.0313. The Hall–Kier alpha value is -2.70. The van der Waals surface area contributed by atoms with Crippen molar-refractivity contribution in [1.29, 1.82) is 0 Å². The molecule has 0 aliphatic rings. The fourth-order valence-corrected chi connectivity index (χ4v) is 3.17. The Labute approximate surface area is 171 Å². The van der Waals surface area contributed by atoms with E-state index in [2.05, 4.69) is 4.98 Å². The summed E-state index contributed by atoms with van der Waals surface area (Å²) in [6.45, 7) is 3.78. The number of hydrogen-bond donors (Lipinski definition) is 0. The predicted octanol–water partition coefficient (Wildman–Crippen LogP) is 5.11. The van der Waals surface area contributed by atoms with Crippen molar-refractivity contribution in [1.82, 2.24) is 4.98 Å². The molecule has 1 aromatic heterocycles. The van der Waals surface area contributed by atoms with Crippen LogP contribution in [0.3, 0.4) is 0 Å². The summed E-state index contributed by atoms with van der Waals surface area (Å²) < 4.78 is 10.9. The first-order chi connectivity index (χ1) is 13.4. The highest BCUT2D eigenvalue weighted by atomic mass is 35.5. The summed E-state index contributed by atoms with van der Waals surface area (Å²) in [4.78, 5) is 28.9. The predicted molar refractivity (Wildman–Crippen MR) is 108 cm³/mol. The van der Waals surface area contributed by atoms with Gasteiger partial charge in [0.25, 0.3) is 0 Å². The SMILES string of the molecule is Cc1ccc(OCc2nc(C(=O)OC(C)C(=O)c3ccc(Cl)cc3)cs2)cc1. The number of Topliss-reactive ketones (excluding diaryl/α,β-unsaturated/α-hetero) is 1. The zero-order chi connectivity index (χ0) is 20.1. The van der Waals surface area contributed by atoms with E-state index in [0.29, 0.717) is 15.6 Å². The maximum absolute atomic E-state index is 12.4. The molecule has 0 N–H and O–H groups in total. The molecule has 0 amide bonds. The standard InChI is InChI=1S/C21H18ClNO4S/c1-13-3-9-17(10-4-13)26-11-19-23-18(12-28-19)21(25)27-14(2)20(24)15-5-7-16(22)8-6-15/h3-10,12,14H,11H2,1-2H3. The van der Waals surface area contributed by atoms with Crippen LogP contribution in [0.5, 0.6) is 5.75 Å². The van der Waals surface area contributed by atoms with Gasteiger partial charge in [-0.25, -0.2) is 9.78 Å². The molecule has 0 aliphatic heterocycles. The van der Waals surface area contributed by atoms with Crippen LogP contribution in [0, 0.1) is 6.92 Å². The Bertz CT molecular complexity index is 967. The van der Waals surface area contributed by atoms with E-state index in [9.17, 15) is 9.59 Å². The third kappa shape index (κ3) is 5.18. The van der Waals surface area contributed by atoms with Crippen molar-refractivity contribution >= 4 is 34.7 Å². The number of hydrogen-bond acceptors (Lipinski definition) is 6. The van der Waals surface area contributed by atoms with E-state index in [0.717, 1.165) is 11.3 Å². The number of ether oxygens (including phenoxy) is 2. The quantitative estimate of drug-likeness (QED) is 0.396. The number of aromatic nitrogens is 1. The third-order valence-electron chi connectivity index (χ3n) is 3.93. The molecule has 0 bridgehead atoms. The van der Waals surface area contributed by atoms with Crippen LogP contribution >= 0.6 is 22.9 Å². The smallest absolute Gasteiger partial charge is 0.358 e. The van der Waals surface area contributed by atoms with Crippen molar-refractivity contribution in [2.45, 2.75) is 26.6 Å². The normalized spacial score (nSPS) is 11.7. The molecule has 0 fully saturated rings. The van der Waals surface area contributed by atoms with Crippen LogP contribution in [0.2, 0.25) is 5.02 Å². The zero-order valence-electron chi connectivity index (χ0n) is 15.3. The Morgan fingerprint density at radius 1 is 1.11 bits per heavy atom. The van der Waals surface area contributed by atoms with E-state index < -0.39 is 12.1 Å². The molecule has 3 aromatic rings. The van der Waals surface area contributed by atoms with Crippen molar-refractivity contribution in [3.63, 3.8) is 0 Å². The van der Waals surface area contributed by atoms with Crippen LogP contribution in [0.1, 0.15) is 38.3 Å². The molecule has 7 heteroatoms. The van der Waals surface area contributed by atoms with Crippen molar-refractivity contribution in [2.75, 3.05) is 0 Å². The molecule has 144 valence electrons. The summed E-state index contributed by atoms with van der Waals surface area (Å²) in [7, 11) is 0. The van der Waals surface area contributed by atoms with Gasteiger partial charge in [-0.1, -0.05) is 29.3 Å². The molecule has 2 aromatic carbocycles. The lowest BCUT2D eigenvalue weighted by Gasteiger charge is -2.11. The molecule has 0 radical (unpaired) electrons. The molecule has 3 rings (SSSR count). The fourth-order valence-electron chi connectivity index (χ4n) is 2.37. The second kappa shape index (κ2) is 8.99. The Kier molecular flexibility index (Phi) is 6.44. The van der Waals surface area contributed by atoms with Crippen molar-refractivity contribution < 1.29 is 19.1 Å². The van der Waals surface area contributed by atoms with Gasteiger partial charge in [0.15, 0.2) is 11.8 Å². The maximum Gasteiger partial charge on any atom is 0.358 e. The average molecular weight is 416 g/mol. The maximum atomic E-state index is 12.4. The number of rotatable bonds is 7. The lowest BCUT2D eigenvalue weighted by atomic mass is 10.1. The number of aryl methyl sites for hydroxylation is 1. The fraction of sp³-hybridized carbons (Fsp3) is 0.190. The first-order valence-corrected chi connectivity index (χ1v) is 9.83. The minimum Gasteiger partial charge on any atom is -0.486 e. The monoisotopic (exact) mass is 415 g/mol. The molecule has 0 saturated heterocycles. The minimum atomic E-state index is -0.928. The Morgan fingerprint density at radius 2 is 1.79 bits per heavy atom. The highest BCUT2D eigenvalue weighted by Gasteiger charge is 2.22. The molecule has 1 atom stereocenters. The van der Waals surface area contributed by atoms with Crippen LogP contribution in [-0.2, 0) is 11.3 Å². The summed E-state index contributed by atoms with van der Waals surface area (Å²) in [6.07, 6.45) is -0.928. The Balaban J connectivity index is 1.56. The molecule has 0 spiro atoms. The van der Waals surface area contributed by atoms with Crippen molar-refractivity contribution in [3.05, 3.63) is 80.8 Å². The van der Waals surface area contributed by atoms with Crippen LogP contribution in [0.4, 0.5) is 0 Å². The first-order valence-electron chi connectivity index (χ1n) is 8.57. The van der Waals surface area contributed by atoms with Crippen molar-refractivity contribution in [2.24, 2.45) is 0 Å². The van der Waals surface area contributed by atoms with E-state index in [1.54, 1.807) is 29.6 Å². The molecular formula is C21H18ClNO4S. The largest absolute Gasteiger partial charge is 0.486 e. The number of thiazole rings is 1. The number of ketones is 1. The molecular weight excluding hydrogens is 398 g/mol. The summed E-state index contributed by atoms with van der Waals surface area (Å²) >= 11 is 7.12. The number of carbonyl (C=O) groups excluding carboxylic acids is 2. The van der Waals surface area contributed by atoms with Gasteiger partial charge >= 0.3 is 5.97 Å². The van der Waals surface area contributed by atoms with Crippen LogP contribution < -0.4 is 4.74 Å². The second-order valence-electron chi connectivity index (χ2n) is 6.15. The van der Waals surface area contributed by atoms with E-state index >= 15 is 0 Å². The first kappa shape index (κ1) is 20.0. The van der Waals surface area contributed by atoms with Gasteiger partial charge in [-0.3, -0.25) is 4.79 Å². The number of esters is 1. The van der Waals surface area contributed by atoms with Gasteiger partial charge in [0, 0.05) is 16.0 Å². The summed E-state index contributed by atoms with van der Waals surface area (Å²) in [5.41, 5.74) is 1.73. The molecule has 0 saturated carbocycles. The number of nitrogens with zero attached hydrogens (tertiary/aromatic N) is 1. The number of carbonyl (C=O) groups is 2. The Morgan fingerprint density at radius 3 is 2.46 bits per heavy atom. The lowest BCUT2D eigenvalue weighted by Crippen LogP contribution is -2.24. The highest BCUT2D eigenvalue weighted by Crippen LogP contribution is 2.18. The molecule has 1 unspecified atom stereocenters. The van der Waals surface area contributed by atoms with E-state index in [1.165, 1.54) is 18.3 Å². The summed E-state index contributed by atoms with van der Waals surface area (Å²) in [5.74, 6) is -0.220. The number of benzene rings is 2. The molecule has 0 aliphatic carbocycles. The molecule has 5 nitrogen and oxygen atoms in total. The highest BCUT2D eigenvalue weighted by molar-refractivity contribution is 7.09. The average Bonchev–Trinajstić information content (AvgIpc) is 3.17. The van der Waals surface area contributed by atoms with Crippen LogP contribution in [0.25, 0.3) is 0 Å². The van der Waals surface area contributed by atoms with Gasteiger partial charge in [0.05, 0.1) is 0 Å². The van der Waals surface area contributed by atoms with Gasteiger partial charge in [-0.2, -0.15) is 0 Å². The molecule has 28 heavy (non-hydrogen) atoms. The van der Waals surface area contributed by atoms with Crippen LogP contribution in [-0.4, -0.2) is 22.8 Å². The summed E-state index contributed by atoms with van der Waals surface area (Å²) in [5, 5.41) is 2.77. The third-order valence-corrected chi connectivity index (χ3v) is 5.00. The zero-order valence-corrected chi connectivity index (χ0v) is 16.9. The van der Waals surface area contributed by atoms with Crippen LogP contribution in [0.15, 0.2) is 53.9 Å².